The van der Waals surface area contributed by atoms with Crippen molar-refractivity contribution in [1.29, 1.82) is 0 Å². The molecule has 3 nitrogen and oxygen atoms in total. The van der Waals surface area contributed by atoms with Crippen LogP contribution in [-0.2, 0) is 12.6 Å². The lowest BCUT2D eigenvalue weighted by molar-refractivity contribution is -0.136. The molecule has 1 aliphatic rings. The second kappa shape index (κ2) is 7.17. The van der Waals surface area contributed by atoms with Crippen LogP contribution < -0.4 is 5.73 Å². The third kappa shape index (κ3) is 3.46. The SMILES string of the molecule is CC1(C)Cc2ccccc2C(c2sc3nc(-c4ccccc4)cc(C(F)(F)F)c3c2N)=N1. The third-order valence-electron chi connectivity index (χ3n) is 5.60. The summed E-state index contributed by atoms with van der Waals surface area (Å²) in [5.74, 6) is 0. The first-order chi connectivity index (χ1) is 15.1. The molecule has 4 aromatic rings. The molecule has 0 aliphatic carbocycles. The zero-order chi connectivity index (χ0) is 22.7. The quantitative estimate of drug-likeness (QED) is 0.367. The van der Waals surface area contributed by atoms with E-state index in [1.165, 1.54) is 11.3 Å². The number of rotatable bonds is 2. The molecule has 0 bridgehead atoms. The van der Waals surface area contributed by atoms with Crippen molar-refractivity contribution in [2.75, 3.05) is 5.73 Å². The number of benzene rings is 2. The van der Waals surface area contributed by atoms with Gasteiger partial charge >= 0.3 is 6.18 Å². The fourth-order valence-electron chi connectivity index (χ4n) is 4.22. The van der Waals surface area contributed by atoms with Crippen molar-refractivity contribution in [3.8, 4) is 11.3 Å². The fourth-order valence-corrected chi connectivity index (χ4v) is 5.35. The smallest absolute Gasteiger partial charge is 0.397 e. The van der Waals surface area contributed by atoms with Gasteiger partial charge in [-0.25, -0.2) is 4.98 Å². The number of pyridine rings is 1. The number of aliphatic imine (C=N–C) groups is 1. The predicted molar refractivity (Wildman–Crippen MR) is 124 cm³/mol. The van der Waals surface area contributed by atoms with Crippen LogP contribution >= 0.6 is 11.3 Å². The Morgan fingerprint density at radius 2 is 1.69 bits per heavy atom. The predicted octanol–water partition coefficient (Wildman–Crippen LogP) is 6.74. The van der Waals surface area contributed by atoms with E-state index in [4.69, 9.17) is 10.7 Å². The molecular weight excluding hydrogens is 431 g/mol. The molecule has 162 valence electrons. The Balaban J connectivity index is 1.80. The van der Waals surface area contributed by atoms with Crippen molar-refractivity contribution in [2.45, 2.75) is 32.0 Å². The van der Waals surface area contributed by atoms with Crippen molar-refractivity contribution < 1.29 is 13.2 Å². The highest BCUT2D eigenvalue weighted by atomic mass is 32.1. The average molecular weight is 452 g/mol. The molecule has 7 heteroatoms. The minimum absolute atomic E-state index is 0.0549. The maximum absolute atomic E-state index is 14.1. The second-order valence-corrected chi connectivity index (χ2v) is 9.55. The van der Waals surface area contributed by atoms with Gasteiger partial charge in [0, 0.05) is 16.5 Å². The van der Waals surface area contributed by atoms with E-state index >= 15 is 0 Å². The normalized spacial score (nSPS) is 15.5. The largest absolute Gasteiger partial charge is 0.417 e. The molecule has 0 saturated heterocycles. The molecule has 2 aromatic heterocycles. The van der Waals surface area contributed by atoms with Crippen LogP contribution in [0.25, 0.3) is 21.5 Å². The topological polar surface area (TPSA) is 51.3 Å². The molecule has 2 N–H and O–H groups in total. The minimum atomic E-state index is -4.57. The summed E-state index contributed by atoms with van der Waals surface area (Å²) in [7, 11) is 0. The highest BCUT2D eigenvalue weighted by Gasteiger charge is 2.37. The molecule has 0 amide bonds. The molecular formula is C25H20F3N3S. The van der Waals surface area contributed by atoms with Crippen LogP contribution in [0.1, 0.15) is 35.4 Å². The van der Waals surface area contributed by atoms with Gasteiger partial charge in [-0.1, -0.05) is 54.6 Å². The van der Waals surface area contributed by atoms with E-state index in [0.29, 0.717) is 16.2 Å². The van der Waals surface area contributed by atoms with Crippen molar-refractivity contribution >= 4 is 33.0 Å². The van der Waals surface area contributed by atoms with E-state index in [2.05, 4.69) is 4.98 Å². The van der Waals surface area contributed by atoms with Gasteiger partial charge < -0.3 is 5.73 Å². The highest BCUT2D eigenvalue weighted by molar-refractivity contribution is 7.21. The van der Waals surface area contributed by atoms with Crippen LogP contribution in [-0.4, -0.2) is 16.2 Å². The van der Waals surface area contributed by atoms with Gasteiger partial charge in [0.2, 0.25) is 0 Å². The number of nitrogens with zero attached hydrogens (tertiary/aromatic N) is 2. The van der Waals surface area contributed by atoms with Gasteiger partial charge in [-0.3, -0.25) is 4.99 Å². The van der Waals surface area contributed by atoms with Crippen molar-refractivity contribution in [3.63, 3.8) is 0 Å². The number of thiophene rings is 1. The van der Waals surface area contributed by atoms with E-state index < -0.39 is 11.7 Å². The number of nitrogens with two attached hydrogens (primary N) is 1. The van der Waals surface area contributed by atoms with Crippen LogP contribution in [0.2, 0.25) is 0 Å². The van der Waals surface area contributed by atoms with Crippen molar-refractivity contribution in [1.82, 2.24) is 4.98 Å². The number of anilines is 1. The van der Waals surface area contributed by atoms with Gasteiger partial charge in [-0.15, -0.1) is 11.3 Å². The fraction of sp³-hybridized carbons (Fsp3) is 0.200. The molecule has 0 fully saturated rings. The third-order valence-corrected chi connectivity index (χ3v) is 6.71. The van der Waals surface area contributed by atoms with Crippen molar-refractivity contribution in [3.05, 3.63) is 82.2 Å². The van der Waals surface area contributed by atoms with Crippen LogP contribution in [0.3, 0.4) is 0 Å². The zero-order valence-electron chi connectivity index (χ0n) is 17.5. The summed E-state index contributed by atoms with van der Waals surface area (Å²) in [4.78, 5) is 10.3. The van der Waals surface area contributed by atoms with E-state index in [1.54, 1.807) is 24.3 Å². The average Bonchev–Trinajstić information content (AvgIpc) is 3.08. The maximum Gasteiger partial charge on any atom is 0.417 e. The summed E-state index contributed by atoms with van der Waals surface area (Å²) in [6.45, 7) is 4.03. The number of alkyl halides is 3. The summed E-state index contributed by atoms with van der Waals surface area (Å²) < 4.78 is 42.3. The van der Waals surface area contributed by atoms with Gasteiger partial charge in [0.25, 0.3) is 0 Å². The van der Waals surface area contributed by atoms with Crippen LogP contribution in [0.15, 0.2) is 65.7 Å². The highest BCUT2D eigenvalue weighted by Crippen LogP contribution is 2.45. The number of nitrogen functional groups attached to an aromatic ring is 1. The lowest BCUT2D eigenvalue weighted by Crippen LogP contribution is -2.29. The Labute approximate surface area is 187 Å². The zero-order valence-corrected chi connectivity index (χ0v) is 18.3. The Bertz CT molecular complexity index is 1370. The summed E-state index contributed by atoms with van der Waals surface area (Å²) in [5.41, 5.74) is 8.84. The van der Waals surface area contributed by atoms with Crippen LogP contribution in [0, 0.1) is 0 Å². The monoisotopic (exact) mass is 451 g/mol. The maximum atomic E-state index is 14.1. The molecule has 3 heterocycles. The molecule has 1 aliphatic heterocycles. The molecule has 0 unspecified atom stereocenters. The molecule has 0 atom stereocenters. The first kappa shape index (κ1) is 20.7. The molecule has 0 saturated carbocycles. The summed E-state index contributed by atoms with van der Waals surface area (Å²) in [6, 6.07) is 17.8. The van der Waals surface area contributed by atoms with E-state index in [0.717, 1.165) is 23.6 Å². The number of halogens is 3. The van der Waals surface area contributed by atoms with E-state index in [-0.39, 0.29) is 27.1 Å². The lowest BCUT2D eigenvalue weighted by Gasteiger charge is -2.28. The summed E-state index contributed by atoms with van der Waals surface area (Å²) in [6.07, 6.45) is -3.82. The second-order valence-electron chi connectivity index (χ2n) is 8.55. The number of hydrogen-bond acceptors (Lipinski definition) is 4. The standard InChI is InChI=1S/C25H20F3N3S/c1-24(2)13-15-10-6-7-11-16(15)21(31-24)22-20(29)19-17(25(26,27)28)12-18(30-23(19)32-22)14-8-4-3-5-9-14/h3-12H,13,29H2,1-2H3. The molecule has 32 heavy (non-hydrogen) atoms. The molecule has 5 rings (SSSR count). The first-order valence-electron chi connectivity index (χ1n) is 10.2. The summed E-state index contributed by atoms with van der Waals surface area (Å²) in [5, 5.41) is -0.0549. The van der Waals surface area contributed by atoms with Gasteiger partial charge in [-0.2, -0.15) is 13.2 Å². The summed E-state index contributed by atoms with van der Waals surface area (Å²) >= 11 is 1.17. The van der Waals surface area contributed by atoms with Gasteiger partial charge in [0.15, 0.2) is 0 Å². The Morgan fingerprint density at radius 3 is 2.41 bits per heavy atom. The van der Waals surface area contributed by atoms with Gasteiger partial charge in [0.05, 0.1) is 33.1 Å². The van der Waals surface area contributed by atoms with Crippen LogP contribution in [0.4, 0.5) is 18.9 Å². The molecule has 2 aromatic carbocycles. The Hall–Kier alpha value is -3.19. The van der Waals surface area contributed by atoms with Crippen LogP contribution in [0.5, 0.6) is 0 Å². The van der Waals surface area contributed by atoms with Gasteiger partial charge in [0.1, 0.15) is 4.83 Å². The Kier molecular flexibility index (Phi) is 4.64. The lowest BCUT2D eigenvalue weighted by atomic mass is 9.86. The number of aromatic nitrogens is 1. The van der Waals surface area contributed by atoms with Gasteiger partial charge in [-0.05, 0) is 31.9 Å². The van der Waals surface area contributed by atoms with Crippen molar-refractivity contribution in [2.24, 2.45) is 4.99 Å². The van der Waals surface area contributed by atoms with E-state index in [1.807, 2.05) is 44.2 Å². The number of hydrogen-bond donors (Lipinski definition) is 1. The molecule has 0 radical (unpaired) electrons. The molecule has 0 spiro atoms. The Morgan fingerprint density at radius 1 is 1.00 bits per heavy atom. The minimum Gasteiger partial charge on any atom is -0.397 e. The first-order valence-corrected chi connectivity index (χ1v) is 11.0. The number of fused-ring (bicyclic) bond motifs is 2. The van der Waals surface area contributed by atoms with E-state index in [9.17, 15) is 13.2 Å².